The molecule has 2 aromatic carbocycles. The van der Waals surface area contributed by atoms with E-state index in [1.165, 1.54) is 0 Å². The number of benzene rings is 2. The summed E-state index contributed by atoms with van der Waals surface area (Å²) in [7, 11) is 0. The molecular weight excluding hydrogens is 348 g/mol. The zero-order valence-electron chi connectivity index (χ0n) is 14.6. The van der Waals surface area contributed by atoms with E-state index in [1.54, 1.807) is 24.3 Å². The van der Waals surface area contributed by atoms with Crippen molar-refractivity contribution in [2.75, 3.05) is 11.9 Å². The van der Waals surface area contributed by atoms with Crippen molar-refractivity contribution in [2.45, 2.75) is 13.5 Å². The molecule has 0 aliphatic carbocycles. The minimum atomic E-state index is -0.592. The van der Waals surface area contributed by atoms with Crippen molar-refractivity contribution in [1.29, 1.82) is 0 Å². The number of fused-ring (bicyclic) bond motifs is 1. The number of nitrogens with one attached hydrogen (secondary N) is 3. The van der Waals surface area contributed by atoms with Gasteiger partial charge in [0.25, 0.3) is 17.4 Å². The van der Waals surface area contributed by atoms with Gasteiger partial charge >= 0.3 is 0 Å². The van der Waals surface area contributed by atoms with Crippen LogP contribution in [0.25, 0.3) is 10.9 Å². The zero-order valence-corrected chi connectivity index (χ0v) is 14.6. The van der Waals surface area contributed by atoms with Crippen LogP contribution < -0.4 is 21.7 Å². The highest BCUT2D eigenvalue weighted by molar-refractivity contribution is 5.84. The van der Waals surface area contributed by atoms with Crippen molar-refractivity contribution in [3.8, 4) is 0 Å². The van der Waals surface area contributed by atoms with Crippen molar-refractivity contribution < 1.29 is 9.59 Å². The summed E-state index contributed by atoms with van der Waals surface area (Å²) in [6.45, 7) is 1.60. The average molecular weight is 366 g/mol. The minimum absolute atomic E-state index is 0.0148. The van der Waals surface area contributed by atoms with Crippen LogP contribution in [0.2, 0.25) is 0 Å². The quantitative estimate of drug-likeness (QED) is 0.561. The van der Waals surface area contributed by atoms with Crippen LogP contribution in [0.1, 0.15) is 5.56 Å². The Morgan fingerprint density at radius 1 is 1.00 bits per heavy atom. The molecule has 0 fully saturated rings. The van der Waals surface area contributed by atoms with Crippen molar-refractivity contribution in [3.63, 3.8) is 0 Å². The highest BCUT2D eigenvalue weighted by Gasteiger charge is 2.10. The molecule has 0 aliphatic rings. The number of aromatic nitrogens is 3. The van der Waals surface area contributed by atoms with Gasteiger partial charge in [-0.15, -0.1) is 5.10 Å². The topological polar surface area (TPSA) is 118 Å². The SMILES string of the molecule is Cc1ccc(NCC(=O)NNC(=O)Cn2nnc3ccccc3c2=O)cc1. The number of anilines is 1. The zero-order chi connectivity index (χ0) is 19.2. The van der Waals surface area contributed by atoms with Crippen LogP contribution in [0.4, 0.5) is 5.69 Å². The van der Waals surface area contributed by atoms with E-state index in [0.717, 1.165) is 15.9 Å². The van der Waals surface area contributed by atoms with Crippen molar-refractivity contribution in [2.24, 2.45) is 0 Å². The predicted octanol–water partition coefficient (Wildman–Crippen LogP) is 0.359. The number of aryl methyl sites for hydroxylation is 1. The van der Waals surface area contributed by atoms with Crippen LogP contribution in [-0.4, -0.2) is 33.4 Å². The normalized spacial score (nSPS) is 10.4. The van der Waals surface area contributed by atoms with Gasteiger partial charge in [0, 0.05) is 5.69 Å². The van der Waals surface area contributed by atoms with Gasteiger partial charge in [0.1, 0.15) is 12.1 Å². The number of rotatable bonds is 5. The lowest BCUT2D eigenvalue weighted by Gasteiger charge is -2.09. The summed E-state index contributed by atoms with van der Waals surface area (Å²) < 4.78 is 0.939. The van der Waals surface area contributed by atoms with Gasteiger partial charge in [0.05, 0.1) is 11.9 Å². The Labute approximate surface area is 154 Å². The summed E-state index contributed by atoms with van der Waals surface area (Å²) in [6, 6.07) is 14.3. The second-order valence-electron chi connectivity index (χ2n) is 5.89. The Kier molecular flexibility index (Phi) is 5.41. The molecule has 3 N–H and O–H groups in total. The van der Waals surface area contributed by atoms with Gasteiger partial charge in [0.2, 0.25) is 0 Å². The third-order valence-corrected chi connectivity index (χ3v) is 3.77. The second-order valence-corrected chi connectivity index (χ2v) is 5.89. The largest absolute Gasteiger partial charge is 0.376 e. The molecule has 9 heteroatoms. The number of hydrogen-bond donors (Lipinski definition) is 3. The molecule has 0 bridgehead atoms. The van der Waals surface area contributed by atoms with E-state index in [4.69, 9.17) is 0 Å². The monoisotopic (exact) mass is 366 g/mol. The van der Waals surface area contributed by atoms with E-state index >= 15 is 0 Å². The molecule has 0 atom stereocenters. The molecule has 0 spiro atoms. The number of hydrazine groups is 1. The Morgan fingerprint density at radius 3 is 2.48 bits per heavy atom. The van der Waals surface area contributed by atoms with Crippen LogP contribution >= 0.6 is 0 Å². The molecule has 0 radical (unpaired) electrons. The van der Waals surface area contributed by atoms with Gasteiger partial charge in [-0.05, 0) is 31.2 Å². The maximum Gasteiger partial charge on any atom is 0.278 e. The first-order chi connectivity index (χ1) is 13.0. The second kappa shape index (κ2) is 8.09. The van der Waals surface area contributed by atoms with Gasteiger partial charge in [-0.1, -0.05) is 35.0 Å². The minimum Gasteiger partial charge on any atom is -0.376 e. The van der Waals surface area contributed by atoms with E-state index in [2.05, 4.69) is 26.5 Å². The predicted molar refractivity (Wildman–Crippen MR) is 99.8 cm³/mol. The van der Waals surface area contributed by atoms with Gasteiger partial charge in [-0.2, -0.15) is 0 Å². The highest BCUT2D eigenvalue weighted by atomic mass is 16.2. The molecule has 0 saturated heterocycles. The summed E-state index contributed by atoms with van der Waals surface area (Å²) in [5, 5.41) is 10.9. The molecule has 0 aliphatic heterocycles. The number of hydrogen-bond acceptors (Lipinski definition) is 6. The number of carbonyl (C=O) groups excluding carboxylic acids is 2. The first-order valence-corrected chi connectivity index (χ1v) is 8.24. The summed E-state index contributed by atoms with van der Waals surface area (Å²) in [5.41, 5.74) is 6.45. The van der Waals surface area contributed by atoms with E-state index in [9.17, 15) is 14.4 Å². The Balaban J connectivity index is 1.51. The van der Waals surface area contributed by atoms with Gasteiger partial charge in [0.15, 0.2) is 0 Å². The Bertz CT molecular complexity index is 1030. The lowest BCUT2D eigenvalue weighted by Crippen LogP contribution is -2.46. The van der Waals surface area contributed by atoms with Crippen LogP contribution in [0.15, 0.2) is 53.3 Å². The van der Waals surface area contributed by atoms with E-state index < -0.39 is 17.4 Å². The van der Waals surface area contributed by atoms with Crippen molar-refractivity contribution >= 4 is 28.4 Å². The number of nitrogens with zero attached hydrogens (tertiary/aromatic N) is 3. The van der Waals surface area contributed by atoms with E-state index in [1.807, 2.05) is 31.2 Å². The van der Waals surface area contributed by atoms with Crippen LogP contribution in [-0.2, 0) is 16.1 Å². The number of carbonyl (C=O) groups is 2. The van der Waals surface area contributed by atoms with Crippen LogP contribution in [0, 0.1) is 6.92 Å². The fourth-order valence-electron chi connectivity index (χ4n) is 2.34. The molecule has 3 rings (SSSR count). The van der Waals surface area contributed by atoms with Gasteiger partial charge < -0.3 is 5.32 Å². The lowest BCUT2D eigenvalue weighted by atomic mass is 10.2. The molecule has 3 aromatic rings. The number of amides is 2. The van der Waals surface area contributed by atoms with Crippen molar-refractivity contribution in [3.05, 3.63) is 64.4 Å². The fourth-order valence-corrected chi connectivity index (χ4v) is 2.34. The first kappa shape index (κ1) is 18.1. The molecule has 1 heterocycles. The smallest absolute Gasteiger partial charge is 0.278 e. The van der Waals surface area contributed by atoms with Crippen LogP contribution in [0.5, 0.6) is 0 Å². The van der Waals surface area contributed by atoms with Crippen molar-refractivity contribution in [1.82, 2.24) is 25.8 Å². The van der Waals surface area contributed by atoms with Gasteiger partial charge in [-0.3, -0.25) is 25.2 Å². The maximum atomic E-state index is 12.3. The molecule has 2 amide bonds. The Morgan fingerprint density at radius 2 is 1.70 bits per heavy atom. The molecule has 0 saturated carbocycles. The lowest BCUT2D eigenvalue weighted by molar-refractivity contribution is -0.128. The molecule has 138 valence electrons. The first-order valence-electron chi connectivity index (χ1n) is 8.24. The molecule has 1 aromatic heterocycles. The summed E-state index contributed by atoms with van der Waals surface area (Å²) in [5.74, 6) is -1.02. The maximum absolute atomic E-state index is 12.3. The highest BCUT2D eigenvalue weighted by Crippen LogP contribution is 2.07. The fraction of sp³-hybridized carbons (Fsp3) is 0.167. The molecule has 0 unspecified atom stereocenters. The summed E-state index contributed by atoms with van der Waals surface area (Å²) >= 11 is 0. The van der Waals surface area contributed by atoms with Gasteiger partial charge in [-0.25, -0.2) is 4.68 Å². The summed E-state index contributed by atoms with van der Waals surface area (Å²) in [6.07, 6.45) is 0. The molecular formula is C18H18N6O3. The third kappa shape index (κ3) is 4.66. The van der Waals surface area contributed by atoms with E-state index in [-0.39, 0.29) is 13.1 Å². The molecule has 27 heavy (non-hydrogen) atoms. The standard InChI is InChI=1S/C18H18N6O3/c1-12-6-8-13(9-7-12)19-10-16(25)21-22-17(26)11-24-18(27)14-4-2-3-5-15(14)20-23-24/h2-9,19H,10-11H2,1H3,(H,21,25)(H,22,26). The van der Waals surface area contributed by atoms with Crippen LogP contribution in [0.3, 0.4) is 0 Å². The van der Waals surface area contributed by atoms with E-state index in [0.29, 0.717) is 10.9 Å². The third-order valence-electron chi connectivity index (χ3n) is 3.77. The average Bonchev–Trinajstić information content (AvgIpc) is 2.68. The Hall–Kier alpha value is -3.75. The summed E-state index contributed by atoms with van der Waals surface area (Å²) in [4.78, 5) is 36.0. The molecule has 9 nitrogen and oxygen atoms in total.